The minimum Gasteiger partial charge on any atom is -0.379 e. The normalized spacial score (nSPS) is 14.3. The number of ether oxygens (including phenoxy) is 1. The van der Waals surface area contributed by atoms with Crippen molar-refractivity contribution >= 4 is 22.6 Å². The number of carbonyl (C=O) groups is 1. The van der Waals surface area contributed by atoms with Crippen LogP contribution in [0, 0.1) is 11.3 Å². The van der Waals surface area contributed by atoms with Crippen molar-refractivity contribution in [2.45, 2.75) is 19.1 Å². The van der Waals surface area contributed by atoms with Crippen LogP contribution >= 0.6 is 0 Å². The predicted octanol–water partition coefficient (Wildman–Crippen LogP) is 1.77. The Hall–Kier alpha value is -3.92. The minimum atomic E-state index is -4.64. The topological polar surface area (TPSA) is 120 Å². The number of pyridine rings is 1. The van der Waals surface area contributed by atoms with Gasteiger partial charge in [0, 0.05) is 38.9 Å². The molecular weight excluding hydrogens is 467 g/mol. The van der Waals surface area contributed by atoms with Crippen LogP contribution in [0.3, 0.4) is 0 Å². The molecule has 13 heteroatoms. The van der Waals surface area contributed by atoms with Crippen molar-refractivity contribution in [3.8, 4) is 6.07 Å². The number of hydrogen-bond acceptors (Lipinski definition) is 7. The van der Waals surface area contributed by atoms with Crippen LogP contribution in [-0.4, -0.2) is 69.9 Å². The zero-order chi connectivity index (χ0) is 25.0. The Labute approximate surface area is 197 Å². The lowest BCUT2D eigenvalue weighted by molar-refractivity contribution is -0.143. The van der Waals surface area contributed by atoms with Crippen LogP contribution in [0.2, 0.25) is 0 Å². The first-order valence-corrected chi connectivity index (χ1v) is 10.9. The smallest absolute Gasteiger partial charge is 0.379 e. The summed E-state index contributed by atoms with van der Waals surface area (Å²) < 4.78 is 46.6. The monoisotopic (exact) mass is 489 g/mol. The lowest BCUT2D eigenvalue weighted by atomic mass is 10.2. The van der Waals surface area contributed by atoms with Crippen LogP contribution in [0.15, 0.2) is 35.4 Å². The summed E-state index contributed by atoms with van der Waals surface area (Å²) in [6, 6.07) is 6.29. The third kappa shape index (κ3) is 5.43. The van der Waals surface area contributed by atoms with Gasteiger partial charge < -0.3 is 19.1 Å². The number of aromatic amines is 1. The Balaban J connectivity index is 1.25. The predicted molar refractivity (Wildman–Crippen MR) is 119 cm³/mol. The number of piperazine rings is 1. The molecule has 1 aliphatic heterocycles. The Bertz CT molecular complexity index is 1290. The number of aromatic nitrogens is 4. The van der Waals surface area contributed by atoms with Crippen LogP contribution in [-0.2, 0) is 22.3 Å². The number of hydrogen-bond donors (Lipinski definition) is 1. The summed E-state index contributed by atoms with van der Waals surface area (Å²) in [7, 11) is 0. The van der Waals surface area contributed by atoms with E-state index in [9.17, 15) is 22.8 Å². The maximum Gasteiger partial charge on any atom is 0.431 e. The Morgan fingerprint density at radius 3 is 2.60 bits per heavy atom. The van der Waals surface area contributed by atoms with Crippen LogP contribution in [0.5, 0.6) is 0 Å². The quantitative estimate of drug-likeness (QED) is 0.502. The van der Waals surface area contributed by atoms with Crippen molar-refractivity contribution in [3.05, 3.63) is 52.2 Å². The molecule has 1 N–H and O–H groups in total. The average molecular weight is 489 g/mol. The number of alkyl halides is 3. The van der Waals surface area contributed by atoms with Gasteiger partial charge in [0.25, 0.3) is 5.56 Å². The number of rotatable bonds is 7. The van der Waals surface area contributed by atoms with E-state index in [2.05, 4.69) is 15.2 Å². The molecule has 35 heavy (non-hydrogen) atoms. The number of halogens is 3. The highest BCUT2D eigenvalue weighted by Gasteiger charge is 2.35. The van der Waals surface area contributed by atoms with Crippen LogP contribution in [0.1, 0.15) is 17.7 Å². The van der Waals surface area contributed by atoms with Gasteiger partial charge in [-0.05, 0) is 18.2 Å². The van der Waals surface area contributed by atoms with Gasteiger partial charge >= 0.3 is 6.18 Å². The summed E-state index contributed by atoms with van der Waals surface area (Å²) in [5, 5.41) is 14.5. The molecule has 10 nitrogen and oxygen atoms in total. The average Bonchev–Trinajstić information content (AvgIpc) is 3.24. The fourth-order valence-electron chi connectivity index (χ4n) is 3.97. The van der Waals surface area contributed by atoms with Crippen molar-refractivity contribution in [1.29, 1.82) is 5.26 Å². The first-order chi connectivity index (χ1) is 16.8. The first-order valence-electron chi connectivity index (χ1n) is 10.9. The Kier molecular flexibility index (Phi) is 7.02. The van der Waals surface area contributed by atoms with E-state index in [1.54, 1.807) is 17.0 Å². The molecule has 1 fully saturated rings. The molecule has 0 aromatic carbocycles. The SMILES string of the molecule is N#Cc1ccc(N2CCN(C(=O)CCOCCn3c(C(F)(F)F)cc4c(=O)[nH]ncc43)CC2)nc1. The number of H-pyrrole nitrogens is 1. The standard InChI is InChI=1S/C22H22F3N7O3/c23-22(24,25)18-11-16-17(14-28-29-21(16)34)32(18)8-10-35-9-3-20(33)31-6-4-30(5-7-31)19-2-1-15(12-26)13-27-19/h1-2,11,13-14H,3-10H2,(H,29,34). The Morgan fingerprint density at radius 1 is 1.17 bits per heavy atom. The van der Waals surface area contributed by atoms with Gasteiger partial charge in [-0.3, -0.25) is 9.59 Å². The number of nitriles is 1. The maximum absolute atomic E-state index is 13.4. The van der Waals surface area contributed by atoms with Crippen LogP contribution in [0.25, 0.3) is 10.9 Å². The largest absolute Gasteiger partial charge is 0.431 e. The van der Waals surface area contributed by atoms with E-state index in [4.69, 9.17) is 10.00 Å². The molecule has 0 unspecified atom stereocenters. The van der Waals surface area contributed by atoms with Gasteiger partial charge in [0.1, 0.15) is 17.6 Å². The van der Waals surface area contributed by atoms with Crippen molar-refractivity contribution in [3.63, 3.8) is 0 Å². The lowest BCUT2D eigenvalue weighted by Crippen LogP contribution is -2.49. The summed E-state index contributed by atoms with van der Waals surface area (Å²) in [4.78, 5) is 32.3. The second-order valence-electron chi connectivity index (χ2n) is 7.92. The number of fused-ring (bicyclic) bond motifs is 1. The highest BCUT2D eigenvalue weighted by molar-refractivity contribution is 5.79. The molecule has 4 rings (SSSR count). The molecule has 1 amide bonds. The fraction of sp³-hybridized carbons (Fsp3) is 0.409. The molecular formula is C22H22F3N7O3. The molecule has 0 spiro atoms. The Morgan fingerprint density at radius 2 is 1.94 bits per heavy atom. The zero-order valence-corrected chi connectivity index (χ0v) is 18.6. The number of anilines is 1. The van der Waals surface area contributed by atoms with E-state index in [0.717, 1.165) is 16.5 Å². The molecule has 0 saturated carbocycles. The summed E-state index contributed by atoms with van der Waals surface area (Å²) in [6.45, 7) is 2.06. The molecule has 0 bridgehead atoms. The summed E-state index contributed by atoms with van der Waals surface area (Å²) >= 11 is 0. The molecule has 0 radical (unpaired) electrons. The summed E-state index contributed by atoms with van der Waals surface area (Å²) in [6.07, 6.45) is -1.86. The van der Waals surface area contributed by atoms with E-state index < -0.39 is 17.4 Å². The molecule has 4 heterocycles. The maximum atomic E-state index is 13.4. The fourth-order valence-corrected chi connectivity index (χ4v) is 3.97. The molecule has 3 aromatic heterocycles. The first kappa shape index (κ1) is 24.2. The van der Waals surface area contributed by atoms with Gasteiger partial charge in [-0.15, -0.1) is 0 Å². The van der Waals surface area contributed by atoms with Gasteiger partial charge in [0.05, 0.1) is 42.3 Å². The molecule has 0 aliphatic carbocycles. The van der Waals surface area contributed by atoms with Gasteiger partial charge in [0.15, 0.2) is 0 Å². The third-order valence-corrected chi connectivity index (χ3v) is 5.78. The minimum absolute atomic E-state index is 0.0644. The van der Waals surface area contributed by atoms with Gasteiger partial charge in [-0.1, -0.05) is 0 Å². The molecule has 1 aliphatic rings. The van der Waals surface area contributed by atoms with E-state index in [0.29, 0.717) is 31.7 Å². The van der Waals surface area contributed by atoms with Crippen molar-refractivity contribution in [2.75, 3.05) is 44.3 Å². The van der Waals surface area contributed by atoms with Crippen LogP contribution in [0.4, 0.5) is 19.0 Å². The highest BCUT2D eigenvalue weighted by Crippen LogP contribution is 2.32. The van der Waals surface area contributed by atoms with E-state index in [1.165, 1.54) is 12.4 Å². The second-order valence-corrected chi connectivity index (χ2v) is 7.92. The van der Waals surface area contributed by atoms with Crippen LogP contribution < -0.4 is 10.5 Å². The number of nitrogens with one attached hydrogen (secondary N) is 1. The van der Waals surface area contributed by atoms with Crippen molar-refractivity contribution in [2.24, 2.45) is 0 Å². The van der Waals surface area contributed by atoms with Gasteiger partial charge in [0.2, 0.25) is 5.91 Å². The van der Waals surface area contributed by atoms with Gasteiger partial charge in [-0.25, -0.2) is 10.1 Å². The zero-order valence-electron chi connectivity index (χ0n) is 18.6. The molecule has 1 saturated heterocycles. The second kappa shape index (κ2) is 10.1. The summed E-state index contributed by atoms with van der Waals surface area (Å²) in [5.74, 6) is 0.642. The van der Waals surface area contributed by atoms with E-state index in [1.807, 2.05) is 11.0 Å². The highest BCUT2D eigenvalue weighted by atomic mass is 19.4. The molecule has 3 aromatic rings. The number of amides is 1. The molecule has 184 valence electrons. The number of carbonyl (C=O) groups excluding carboxylic acids is 1. The third-order valence-electron chi connectivity index (χ3n) is 5.78. The lowest BCUT2D eigenvalue weighted by Gasteiger charge is -2.35. The number of nitrogens with zero attached hydrogens (tertiary/aromatic N) is 6. The van der Waals surface area contributed by atoms with Gasteiger partial charge in [-0.2, -0.15) is 23.5 Å². The molecule has 0 atom stereocenters. The van der Waals surface area contributed by atoms with Crippen molar-refractivity contribution in [1.82, 2.24) is 24.6 Å². The van der Waals surface area contributed by atoms with E-state index in [-0.39, 0.29) is 43.0 Å². The van der Waals surface area contributed by atoms with Crippen molar-refractivity contribution < 1.29 is 22.7 Å². The summed E-state index contributed by atoms with van der Waals surface area (Å²) in [5.41, 5.74) is -1.11. The van der Waals surface area contributed by atoms with E-state index >= 15 is 0 Å².